The lowest BCUT2D eigenvalue weighted by atomic mass is 9.91. The van der Waals surface area contributed by atoms with Crippen molar-refractivity contribution in [1.82, 2.24) is 24.8 Å². The van der Waals surface area contributed by atoms with Crippen molar-refractivity contribution in [3.63, 3.8) is 0 Å². The van der Waals surface area contributed by atoms with Crippen LogP contribution in [0.5, 0.6) is 11.6 Å². The minimum absolute atomic E-state index is 0.0420. The quantitative estimate of drug-likeness (QED) is 0.202. The Bertz CT molecular complexity index is 1910. The first-order valence-electron chi connectivity index (χ1n) is 16.7. The summed E-state index contributed by atoms with van der Waals surface area (Å²) in [7, 11) is -4.20. The first kappa shape index (κ1) is 35.7. The van der Waals surface area contributed by atoms with Gasteiger partial charge in [-0.1, -0.05) is 52.0 Å². The lowest BCUT2D eigenvalue weighted by Crippen LogP contribution is -2.44. The minimum atomic E-state index is -4.20. The van der Waals surface area contributed by atoms with Crippen LogP contribution in [0.4, 0.5) is 5.95 Å². The predicted octanol–water partition coefficient (Wildman–Crippen LogP) is 6.79. The zero-order valence-corrected chi connectivity index (χ0v) is 30.3. The second kappa shape index (κ2) is 14.9. The van der Waals surface area contributed by atoms with Gasteiger partial charge in [-0.05, 0) is 81.7 Å². The van der Waals surface area contributed by atoms with Gasteiger partial charge in [-0.15, -0.1) is 0 Å². The molecule has 0 aliphatic carbocycles. The van der Waals surface area contributed by atoms with E-state index in [9.17, 15) is 13.2 Å². The highest BCUT2D eigenvalue weighted by Crippen LogP contribution is 2.35. The molecule has 0 unspecified atom stereocenters. The zero-order valence-electron chi connectivity index (χ0n) is 29.5. The molecule has 1 aliphatic rings. The summed E-state index contributed by atoms with van der Waals surface area (Å²) in [6, 6.07) is 11.7. The Hall–Kier alpha value is -4.58. The normalized spacial score (nSPS) is 16.1. The largest absolute Gasteiger partial charge is 0.488 e. The van der Waals surface area contributed by atoms with Gasteiger partial charge in [-0.3, -0.25) is 4.79 Å². The molecule has 4 aromatic rings. The fraction of sp³-hybridized carbons (Fsp3) is 0.432. The molecule has 4 bridgehead atoms. The Kier molecular flexibility index (Phi) is 10.9. The highest BCUT2D eigenvalue weighted by atomic mass is 32.2. The van der Waals surface area contributed by atoms with Gasteiger partial charge >= 0.3 is 0 Å². The van der Waals surface area contributed by atoms with E-state index >= 15 is 0 Å². The van der Waals surface area contributed by atoms with Gasteiger partial charge in [-0.25, -0.2) is 28.1 Å². The lowest BCUT2D eigenvalue weighted by Gasteiger charge is -2.32. The van der Waals surface area contributed by atoms with Crippen LogP contribution in [0.25, 0.3) is 11.3 Å². The number of rotatable bonds is 9. The highest BCUT2D eigenvalue weighted by Gasteiger charge is 2.30. The molecule has 0 saturated carbocycles. The zero-order chi connectivity index (χ0) is 35.5. The number of fused-ring (bicyclic) bond motifs is 4. The molecule has 2 aromatic heterocycles. The molecule has 1 amide bonds. The highest BCUT2D eigenvalue weighted by molar-refractivity contribution is 7.92. The molecule has 0 spiro atoms. The number of nitrogens with one attached hydrogen (secondary N) is 1. The van der Waals surface area contributed by atoms with Gasteiger partial charge in [0.15, 0.2) is 5.75 Å². The summed E-state index contributed by atoms with van der Waals surface area (Å²) in [4.78, 5) is 34.3. The van der Waals surface area contributed by atoms with Gasteiger partial charge in [0, 0.05) is 16.7 Å². The maximum absolute atomic E-state index is 14.3. The van der Waals surface area contributed by atoms with Crippen LogP contribution in [0.1, 0.15) is 80.8 Å². The number of hydrogen-bond acceptors (Lipinski definition) is 9. The Morgan fingerprint density at radius 2 is 1.69 bits per heavy atom. The number of anilines is 1. The van der Waals surface area contributed by atoms with Crippen molar-refractivity contribution >= 4 is 21.9 Å². The molecule has 1 atom stereocenters. The lowest BCUT2D eigenvalue weighted by molar-refractivity contribution is 0.0545. The van der Waals surface area contributed by atoms with Crippen molar-refractivity contribution in [1.29, 1.82) is 0 Å². The molecule has 11 nitrogen and oxygen atoms in total. The van der Waals surface area contributed by atoms with E-state index < -0.39 is 16.1 Å². The summed E-state index contributed by atoms with van der Waals surface area (Å²) < 4.78 is 42.4. The molecule has 260 valence electrons. The van der Waals surface area contributed by atoms with E-state index in [2.05, 4.69) is 53.4 Å². The summed E-state index contributed by atoms with van der Waals surface area (Å²) in [5.74, 6) is 1.27. The molecule has 5 rings (SSSR count). The Morgan fingerprint density at radius 3 is 2.37 bits per heavy atom. The van der Waals surface area contributed by atoms with E-state index in [4.69, 9.17) is 14.5 Å². The van der Waals surface area contributed by atoms with E-state index in [-0.39, 0.29) is 53.4 Å². The van der Waals surface area contributed by atoms with Crippen LogP contribution < -0.4 is 14.2 Å². The van der Waals surface area contributed by atoms with Crippen LogP contribution in [0.2, 0.25) is 0 Å². The van der Waals surface area contributed by atoms with Crippen LogP contribution in [-0.4, -0.2) is 57.9 Å². The topological polar surface area (TPSA) is 136 Å². The maximum Gasteiger partial charge on any atom is 0.264 e. The minimum Gasteiger partial charge on any atom is -0.488 e. The summed E-state index contributed by atoms with van der Waals surface area (Å²) in [5, 5.41) is 0. The Morgan fingerprint density at radius 1 is 0.980 bits per heavy atom. The number of aromatic nitrogens is 4. The van der Waals surface area contributed by atoms with Crippen molar-refractivity contribution < 1.29 is 22.7 Å². The monoisotopic (exact) mass is 686 g/mol. The van der Waals surface area contributed by atoms with E-state index in [1.165, 1.54) is 12.1 Å². The molecular weight excluding hydrogens is 641 g/mol. The Labute approximate surface area is 289 Å². The molecule has 3 heterocycles. The molecule has 0 radical (unpaired) electrons. The van der Waals surface area contributed by atoms with Crippen LogP contribution >= 0.6 is 0 Å². The number of hydrogen-bond donors (Lipinski definition) is 1. The molecule has 1 N–H and O–H groups in total. The van der Waals surface area contributed by atoms with Gasteiger partial charge in [0.2, 0.25) is 11.8 Å². The number of sulfonamides is 1. The molecule has 12 heteroatoms. The number of carbonyl (C=O) groups excluding carboxylic acids is 1. The van der Waals surface area contributed by atoms with Crippen molar-refractivity contribution in [2.45, 2.75) is 91.8 Å². The van der Waals surface area contributed by atoms with Crippen molar-refractivity contribution in [3.05, 3.63) is 82.9 Å². The summed E-state index contributed by atoms with van der Waals surface area (Å²) in [6.45, 7) is 16.4. The van der Waals surface area contributed by atoms with E-state index in [1.807, 2.05) is 39.8 Å². The van der Waals surface area contributed by atoms with Gasteiger partial charge in [0.1, 0.15) is 12.4 Å². The van der Waals surface area contributed by atoms with Crippen LogP contribution in [-0.2, 0) is 23.0 Å². The second-order valence-electron chi connectivity index (χ2n) is 13.7. The van der Waals surface area contributed by atoms with Gasteiger partial charge in [-0.2, -0.15) is 4.98 Å². The van der Waals surface area contributed by atoms with Crippen molar-refractivity contribution in [3.8, 4) is 22.9 Å². The first-order chi connectivity index (χ1) is 23.2. The molecule has 2 aromatic carbocycles. The van der Waals surface area contributed by atoms with Crippen LogP contribution in [0.3, 0.4) is 0 Å². The van der Waals surface area contributed by atoms with Crippen molar-refractivity contribution in [2.24, 2.45) is 11.8 Å². The van der Waals surface area contributed by atoms with E-state index in [1.54, 1.807) is 29.4 Å². The fourth-order valence-electron chi connectivity index (χ4n) is 6.03. The number of aryl methyl sites for hydroxylation is 1. The average molecular weight is 687 g/mol. The number of nitrogens with zero attached hydrogens (tertiary/aromatic N) is 5. The standard InChI is InChI=1S/C37H46N6O5S/c1-22(2)15-27-12-9-11-25(7)33(27)34-26(8)35-41-37(40-34)42-49(45,46)31-14-10-13-28(17-31)36(44)43(29(21-47-35)16-23(3)4)20-32-38-18-30(19-39-32)48-24(5)6/h9-14,17-19,22-24,29H,15-16,20-21H2,1-8H3,(H,40,41,42)/t29-/m1/s1. The first-order valence-corrected chi connectivity index (χ1v) is 18.2. The fourth-order valence-corrected chi connectivity index (χ4v) is 7.01. The predicted molar refractivity (Wildman–Crippen MR) is 189 cm³/mol. The molecule has 0 fully saturated rings. The molecule has 1 aliphatic heterocycles. The van der Waals surface area contributed by atoms with E-state index in [0.717, 1.165) is 23.1 Å². The summed E-state index contributed by atoms with van der Waals surface area (Å²) >= 11 is 0. The third kappa shape index (κ3) is 8.54. The Balaban J connectivity index is 1.66. The number of amides is 1. The molecular formula is C37H46N6O5S. The smallest absolute Gasteiger partial charge is 0.264 e. The van der Waals surface area contributed by atoms with Crippen LogP contribution in [0, 0.1) is 25.7 Å². The van der Waals surface area contributed by atoms with Crippen molar-refractivity contribution in [2.75, 3.05) is 11.3 Å². The average Bonchev–Trinajstić information content (AvgIpc) is 3.03. The SMILES string of the molecule is Cc1cccc(CC(C)C)c1-c1nc2nc(c1C)OC[C@@H](CC(C)C)N(Cc1ncc(OC(C)C)cn1)C(=O)c1cccc(c1)S(=O)(=O)N2. The number of ether oxygens (including phenoxy) is 2. The number of benzene rings is 2. The summed E-state index contributed by atoms with van der Waals surface area (Å²) in [6.07, 6.45) is 4.54. The third-order valence-corrected chi connectivity index (χ3v) is 9.49. The third-order valence-electron chi connectivity index (χ3n) is 8.16. The molecule has 0 saturated heterocycles. The number of carbonyl (C=O) groups is 1. The summed E-state index contributed by atoms with van der Waals surface area (Å²) in [5.41, 5.74) is 4.49. The second-order valence-corrected chi connectivity index (χ2v) is 15.4. The van der Waals surface area contributed by atoms with E-state index in [0.29, 0.717) is 35.2 Å². The van der Waals surface area contributed by atoms with Crippen LogP contribution in [0.15, 0.2) is 59.8 Å². The van der Waals surface area contributed by atoms with Gasteiger partial charge in [0.05, 0.1) is 41.7 Å². The van der Waals surface area contributed by atoms with Gasteiger partial charge in [0.25, 0.3) is 15.9 Å². The van der Waals surface area contributed by atoms with Gasteiger partial charge < -0.3 is 14.4 Å². The molecule has 49 heavy (non-hydrogen) atoms. The maximum atomic E-state index is 14.3.